The minimum atomic E-state index is 0.434. The summed E-state index contributed by atoms with van der Waals surface area (Å²) in [6.07, 6.45) is 18.6. The van der Waals surface area contributed by atoms with Crippen LogP contribution >= 0.6 is 35.7 Å². The van der Waals surface area contributed by atoms with Gasteiger partial charge in [-0.2, -0.15) is 0 Å². The molecule has 2 aliphatic carbocycles. The van der Waals surface area contributed by atoms with Gasteiger partial charge < -0.3 is 0 Å². The summed E-state index contributed by atoms with van der Waals surface area (Å²) >= 11 is 9.12. The van der Waals surface area contributed by atoms with Gasteiger partial charge in [0.25, 0.3) is 0 Å². The van der Waals surface area contributed by atoms with E-state index in [1.807, 2.05) is 11.8 Å². The van der Waals surface area contributed by atoms with Crippen molar-refractivity contribution in [2.24, 2.45) is 0 Å². The van der Waals surface area contributed by atoms with E-state index in [4.69, 9.17) is 12.2 Å². The minimum Gasteiger partial charge on any atom is -0.287 e. The molecule has 23 heavy (non-hydrogen) atoms. The van der Waals surface area contributed by atoms with E-state index in [1.54, 1.807) is 11.8 Å². The van der Waals surface area contributed by atoms with E-state index in [2.05, 4.69) is 0 Å². The number of unbranched alkanes of at least 4 members (excludes halogenated alkanes) is 3. The lowest BCUT2D eigenvalue weighted by molar-refractivity contribution is -0.111. The van der Waals surface area contributed by atoms with Gasteiger partial charge in [-0.05, 0) is 44.9 Å². The smallest absolute Gasteiger partial charge is 0.189 e. The number of carbonyl (C=O) groups is 1. The maximum Gasteiger partial charge on any atom is 0.189 e. The van der Waals surface area contributed by atoms with Crippen molar-refractivity contribution in [3.63, 3.8) is 0 Å². The molecule has 0 aromatic rings. The van der Waals surface area contributed by atoms with Gasteiger partial charge in [0.2, 0.25) is 0 Å². The summed E-state index contributed by atoms with van der Waals surface area (Å²) in [5, 5.41) is 1.88. The van der Waals surface area contributed by atoms with Crippen LogP contribution in [0.1, 0.15) is 96.3 Å². The second kappa shape index (κ2) is 11.9. The third-order valence-corrected chi connectivity index (χ3v) is 8.00. The zero-order chi connectivity index (χ0) is 16.3. The fourth-order valence-corrected chi connectivity index (χ4v) is 6.53. The lowest BCUT2D eigenvalue weighted by atomic mass is 10.0. The summed E-state index contributed by atoms with van der Waals surface area (Å²) in [6.45, 7) is 0. The summed E-state index contributed by atoms with van der Waals surface area (Å²) in [4.78, 5) is 12.0. The normalized spacial score (nSPS) is 20.0. The minimum absolute atomic E-state index is 0.434. The van der Waals surface area contributed by atoms with Crippen LogP contribution in [0, 0.1) is 0 Å². The highest BCUT2D eigenvalue weighted by Crippen LogP contribution is 2.32. The van der Waals surface area contributed by atoms with Gasteiger partial charge in [-0.15, -0.1) is 11.8 Å². The Morgan fingerprint density at radius 1 is 0.739 bits per heavy atom. The molecule has 0 spiro atoms. The molecule has 0 heterocycles. The number of hydrogen-bond donors (Lipinski definition) is 0. The SMILES string of the molecule is O=C(CCCCCCC(=S)SC1CCCC1)SC1CCCCC1. The molecule has 2 fully saturated rings. The molecule has 0 aliphatic heterocycles. The number of thiocarbonyl (C=S) groups is 1. The number of thioether (sulfide) groups is 2. The van der Waals surface area contributed by atoms with Gasteiger partial charge in [0.15, 0.2) is 5.12 Å². The summed E-state index contributed by atoms with van der Waals surface area (Å²) in [5.41, 5.74) is 0. The standard InChI is InChI=1S/C19H32OS3/c20-18(22-16-10-4-3-5-11-16)14-6-1-2-7-15-19(21)23-17-12-8-9-13-17/h16-17H,1-15H2. The molecule has 0 aromatic carbocycles. The van der Waals surface area contributed by atoms with Crippen LogP contribution in [0.15, 0.2) is 0 Å². The first-order valence-corrected chi connectivity index (χ1v) is 11.8. The monoisotopic (exact) mass is 372 g/mol. The maximum absolute atomic E-state index is 12.0. The Bertz CT molecular complexity index is 358. The first-order valence-electron chi connectivity index (χ1n) is 9.63. The van der Waals surface area contributed by atoms with Crippen LogP contribution in [-0.2, 0) is 4.79 Å². The van der Waals surface area contributed by atoms with E-state index in [9.17, 15) is 4.79 Å². The molecule has 2 rings (SSSR count). The van der Waals surface area contributed by atoms with E-state index in [0.717, 1.165) is 24.5 Å². The number of rotatable bonds is 9. The second-order valence-electron chi connectivity index (χ2n) is 7.06. The zero-order valence-electron chi connectivity index (χ0n) is 14.4. The molecule has 0 bridgehead atoms. The average Bonchev–Trinajstić information content (AvgIpc) is 3.04. The van der Waals surface area contributed by atoms with E-state index in [-0.39, 0.29) is 0 Å². The van der Waals surface area contributed by atoms with Gasteiger partial charge >= 0.3 is 0 Å². The Morgan fingerprint density at radius 2 is 1.26 bits per heavy atom. The first kappa shape index (κ1) is 19.8. The lowest BCUT2D eigenvalue weighted by Crippen LogP contribution is -2.11. The van der Waals surface area contributed by atoms with E-state index < -0.39 is 0 Å². The van der Waals surface area contributed by atoms with Crippen LogP contribution in [0.5, 0.6) is 0 Å². The molecule has 2 aliphatic rings. The van der Waals surface area contributed by atoms with Crippen molar-refractivity contribution in [1.82, 2.24) is 0 Å². The van der Waals surface area contributed by atoms with Gasteiger partial charge in [0, 0.05) is 21.1 Å². The highest BCUT2D eigenvalue weighted by Gasteiger charge is 2.18. The quantitative estimate of drug-likeness (QED) is 0.322. The zero-order valence-corrected chi connectivity index (χ0v) is 16.8. The molecule has 0 saturated heterocycles. The first-order chi connectivity index (χ1) is 11.2. The van der Waals surface area contributed by atoms with Crippen LogP contribution < -0.4 is 0 Å². The topological polar surface area (TPSA) is 17.1 Å². The summed E-state index contributed by atoms with van der Waals surface area (Å²) in [6, 6.07) is 0. The van der Waals surface area contributed by atoms with Crippen molar-refractivity contribution >= 4 is 45.1 Å². The average molecular weight is 373 g/mol. The van der Waals surface area contributed by atoms with Crippen LogP contribution in [-0.4, -0.2) is 19.8 Å². The second-order valence-corrected chi connectivity index (χ2v) is 10.6. The molecule has 4 heteroatoms. The molecule has 0 N–H and O–H groups in total. The molecule has 0 unspecified atom stereocenters. The summed E-state index contributed by atoms with van der Waals surface area (Å²) in [7, 11) is 0. The molecule has 0 radical (unpaired) electrons. The van der Waals surface area contributed by atoms with Gasteiger partial charge in [-0.3, -0.25) is 4.79 Å². The van der Waals surface area contributed by atoms with Crippen molar-refractivity contribution in [3.8, 4) is 0 Å². The van der Waals surface area contributed by atoms with Crippen molar-refractivity contribution in [2.45, 2.75) is 107 Å². The maximum atomic E-state index is 12.0. The van der Waals surface area contributed by atoms with Crippen LogP contribution in [0.3, 0.4) is 0 Å². The Kier molecular flexibility index (Phi) is 10.2. The Balaban J connectivity index is 1.41. The molecule has 1 nitrogen and oxygen atoms in total. The summed E-state index contributed by atoms with van der Waals surface area (Å²) < 4.78 is 1.22. The fraction of sp³-hybridized carbons (Fsp3) is 0.895. The molecular weight excluding hydrogens is 340 g/mol. The van der Waals surface area contributed by atoms with Gasteiger partial charge in [-0.25, -0.2) is 0 Å². The predicted octanol–water partition coefficient (Wildman–Crippen LogP) is 6.92. The van der Waals surface area contributed by atoms with Gasteiger partial charge in [0.05, 0.1) is 0 Å². The molecule has 132 valence electrons. The van der Waals surface area contributed by atoms with E-state index in [1.165, 1.54) is 81.2 Å². The van der Waals surface area contributed by atoms with Crippen molar-refractivity contribution in [2.75, 3.05) is 0 Å². The van der Waals surface area contributed by atoms with Gasteiger partial charge in [-0.1, -0.05) is 68.9 Å². The highest BCUT2D eigenvalue weighted by molar-refractivity contribution is 8.23. The Morgan fingerprint density at radius 3 is 1.91 bits per heavy atom. The van der Waals surface area contributed by atoms with Crippen LogP contribution in [0.4, 0.5) is 0 Å². The van der Waals surface area contributed by atoms with Crippen molar-refractivity contribution < 1.29 is 4.79 Å². The molecule has 0 aromatic heterocycles. The third-order valence-electron chi connectivity index (χ3n) is 4.96. The fourth-order valence-electron chi connectivity index (χ4n) is 3.57. The Labute approximate surface area is 156 Å². The van der Waals surface area contributed by atoms with Crippen molar-refractivity contribution in [3.05, 3.63) is 0 Å². The van der Waals surface area contributed by atoms with Crippen LogP contribution in [0.25, 0.3) is 0 Å². The Hall–Kier alpha value is 0.460. The molecular formula is C19H32OS3. The molecule has 0 amide bonds. The summed E-state index contributed by atoms with van der Waals surface area (Å²) in [5.74, 6) is 0. The van der Waals surface area contributed by atoms with Crippen molar-refractivity contribution in [1.29, 1.82) is 0 Å². The third kappa shape index (κ3) is 8.92. The predicted molar refractivity (Wildman–Crippen MR) is 110 cm³/mol. The number of hydrogen-bond acceptors (Lipinski definition) is 4. The van der Waals surface area contributed by atoms with Crippen LogP contribution in [0.2, 0.25) is 0 Å². The van der Waals surface area contributed by atoms with E-state index in [0.29, 0.717) is 10.4 Å². The lowest BCUT2D eigenvalue weighted by Gasteiger charge is -2.19. The molecule has 0 atom stereocenters. The number of carbonyl (C=O) groups excluding carboxylic acids is 1. The van der Waals surface area contributed by atoms with E-state index >= 15 is 0 Å². The van der Waals surface area contributed by atoms with Gasteiger partial charge in [0.1, 0.15) is 0 Å². The largest absolute Gasteiger partial charge is 0.287 e. The molecule has 2 saturated carbocycles. The highest BCUT2D eigenvalue weighted by atomic mass is 32.2.